The Bertz CT molecular complexity index is 233. The number of carbonyl (C=O) groups excluding carboxylic acids is 1. The largest absolute Gasteiger partial charge is 0.342 e. The topological polar surface area (TPSA) is 20.3 Å². The molecule has 15 heavy (non-hydrogen) atoms. The van der Waals surface area contributed by atoms with E-state index in [1.54, 1.807) is 0 Å². The van der Waals surface area contributed by atoms with Gasteiger partial charge in [-0.1, -0.05) is 34.6 Å². The van der Waals surface area contributed by atoms with E-state index in [9.17, 15) is 4.79 Å². The van der Waals surface area contributed by atoms with Crippen molar-refractivity contribution in [1.29, 1.82) is 0 Å². The van der Waals surface area contributed by atoms with Crippen molar-refractivity contribution >= 4 is 5.91 Å². The van der Waals surface area contributed by atoms with Crippen LogP contribution in [0, 0.1) is 17.3 Å². The minimum Gasteiger partial charge on any atom is -0.342 e. The molecule has 2 heteroatoms. The van der Waals surface area contributed by atoms with Crippen LogP contribution in [0.1, 0.15) is 47.5 Å². The van der Waals surface area contributed by atoms with Gasteiger partial charge in [-0.2, -0.15) is 0 Å². The van der Waals surface area contributed by atoms with Crippen LogP contribution >= 0.6 is 0 Å². The van der Waals surface area contributed by atoms with Gasteiger partial charge in [0.15, 0.2) is 0 Å². The van der Waals surface area contributed by atoms with Crippen molar-refractivity contribution in [2.24, 2.45) is 17.3 Å². The fourth-order valence-corrected chi connectivity index (χ4v) is 3.05. The first-order chi connectivity index (χ1) is 6.88. The van der Waals surface area contributed by atoms with E-state index in [0.717, 1.165) is 31.3 Å². The molecule has 0 saturated carbocycles. The molecule has 1 atom stereocenters. The molecular formula is C13H25NO. The van der Waals surface area contributed by atoms with Crippen molar-refractivity contribution < 1.29 is 4.79 Å². The van der Waals surface area contributed by atoms with E-state index in [0.29, 0.717) is 12.3 Å². The maximum atomic E-state index is 11.7. The van der Waals surface area contributed by atoms with Gasteiger partial charge in [-0.05, 0) is 23.7 Å². The van der Waals surface area contributed by atoms with Crippen LogP contribution in [0.3, 0.4) is 0 Å². The van der Waals surface area contributed by atoms with Gasteiger partial charge in [-0.15, -0.1) is 0 Å². The predicted octanol–water partition coefficient (Wildman–Crippen LogP) is 2.93. The monoisotopic (exact) mass is 211 g/mol. The van der Waals surface area contributed by atoms with Crippen LogP contribution in [-0.2, 0) is 4.79 Å². The quantitative estimate of drug-likeness (QED) is 0.687. The highest BCUT2D eigenvalue weighted by molar-refractivity contribution is 5.75. The molecule has 0 aromatic carbocycles. The zero-order chi connectivity index (χ0) is 11.6. The second-order valence-electron chi connectivity index (χ2n) is 5.80. The summed E-state index contributed by atoms with van der Waals surface area (Å²) in [6, 6.07) is 0. The fraction of sp³-hybridized carbons (Fsp3) is 0.923. The molecule has 0 bridgehead atoms. The molecule has 1 rings (SSSR count). The lowest BCUT2D eigenvalue weighted by Crippen LogP contribution is -2.49. The van der Waals surface area contributed by atoms with Gasteiger partial charge in [0.25, 0.3) is 0 Å². The average Bonchev–Trinajstić information content (AvgIpc) is 2.14. The van der Waals surface area contributed by atoms with Crippen LogP contribution in [0.2, 0.25) is 0 Å². The van der Waals surface area contributed by atoms with Gasteiger partial charge in [-0.3, -0.25) is 4.79 Å². The standard InChI is InChI=1S/C13H25NO/c1-6-12(15)14-8-7-11(10(2)3)13(4,5)9-14/h10-11H,6-9H2,1-5H3. The summed E-state index contributed by atoms with van der Waals surface area (Å²) in [6.45, 7) is 13.0. The average molecular weight is 211 g/mol. The van der Waals surface area contributed by atoms with Crippen molar-refractivity contribution in [2.45, 2.75) is 47.5 Å². The van der Waals surface area contributed by atoms with Crippen LogP contribution in [0.4, 0.5) is 0 Å². The third-order valence-corrected chi connectivity index (χ3v) is 3.77. The molecule has 88 valence electrons. The zero-order valence-electron chi connectivity index (χ0n) is 10.8. The SMILES string of the molecule is CCC(=O)N1CCC(C(C)C)C(C)(C)C1. The summed E-state index contributed by atoms with van der Waals surface area (Å²) < 4.78 is 0. The molecule has 0 aliphatic carbocycles. The Kier molecular flexibility index (Phi) is 3.80. The lowest BCUT2D eigenvalue weighted by Gasteiger charge is -2.46. The highest BCUT2D eigenvalue weighted by Crippen LogP contribution is 2.39. The summed E-state index contributed by atoms with van der Waals surface area (Å²) in [5.74, 6) is 1.78. The van der Waals surface area contributed by atoms with E-state index in [2.05, 4.69) is 27.7 Å². The van der Waals surface area contributed by atoms with Gasteiger partial charge in [0, 0.05) is 19.5 Å². The molecule has 1 fully saturated rings. The molecule has 1 saturated heterocycles. The highest BCUT2D eigenvalue weighted by Gasteiger charge is 2.38. The van der Waals surface area contributed by atoms with Crippen LogP contribution in [0.15, 0.2) is 0 Å². The number of likely N-dealkylation sites (tertiary alicyclic amines) is 1. The van der Waals surface area contributed by atoms with Crippen LogP contribution in [0.25, 0.3) is 0 Å². The molecule has 0 aromatic heterocycles. The molecule has 1 aliphatic rings. The molecule has 2 nitrogen and oxygen atoms in total. The van der Waals surface area contributed by atoms with Crippen molar-refractivity contribution in [2.75, 3.05) is 13.1 Å². The van der Waals surface area contributed by atoms with Crippen molar-refractivity contribution in [1.82, 2.24) is 4.90 Å². The van der Waals surface area contributed by atoms with E-state index < -0.39 is 0 Å². The van der Waals surface area contributed by atoms with Crippen molar-refractivity contribution in [3.8, 4) is 0 Å². The van der Waals surface area contributed by atoms with Crippen LogP contribution in [-0.4, -0.2) is 23.9 Å². The number of piperidine rings is 1. The van der Waals surface area contributed by atoms with E-state index in [1.807, 2.05) is 11.8 Å². The van der Waals surface area contributed by atoms with E-state index in [1.165, 1.54) is 0 Å². The summed E-state index contributed by atoms with van der Waals surface area (Å²) >= 11 is 0. The fourth-order valence-electron chi connectivity index (χ4n) is 3.05. The van der Waals surface area contributed by atoms with Gasteiger partial charge in [0.1, 0.15) is 0 Å². The smallest absolute Gasteiger partial charge is 0.222 e. The van der Waals surface area contributed by atoms with Crippen molar-refractivity contribution in [3.63, 3.8) is 0 Å². The minimum atomic E-state index is 0.275. The lowest BCUT2D eigenvalue weighted by molar-refractivity contribution is -0.136. The normalized spacial score (nSPS) is 25.7. The Morgan fingerprint density at radius 1 is 1.47 bits per heavy atom. The summed E-state index contributed by atoms with van der Waals surface area (Å²) in [7, 11) is 0. The highest BCUT2D eigenvalue weighted by atomic mass is 16.2. The van der Waals surface area contributed by atoms with E-state index >= 15 is 0 Å². The minimum absolute atomic E-state index is 0.275. The predicted molar refractivity (Wildman–Crippen MR) is 63.6 cm³/mol. The number of nitrogens with zero attached hydrogens (tertiary/aromatic N) is 1. The Hall–Kier alpha value is -0.530. The van der Waals surface area contributed by atoms with Crippen LogP contribution < -0.4 is 0 Å². The first-order valence-electron chi connectivity index (χ1n) is 6.16. The maximum Gasteiger partial charge on any atom is 0.222 e. The molecule has 1 heterocycles. The summed E-state index contributed by atoms with van der Waals surface area (Å²) in [6.07, 6.45) is 1.80. The number of hydrogen-bond donors (Lipinski definition) is 0. The molecule has 1 amide bonds. The Balaban J connectivity index is 2.68. The molecule has 0 aromatic rings. The first kappa shape index (κ1) is 12.5. The number of rotatable bonds is 2. The third-order valence-electron chi connectivity index (χ3n) is 3.77. The van der Waals surface area contributed by atoms with E-state index in [-0.39, 0.29) is 5.41 Å². The molecular weight excluding hydrogens is 186 g/mol. The molecule has 1 aliphatic heterocycles. The number of hydrogen-bond acceptors (Lipinski definition) is 1. The van der Waals surface area contributed by atoms with E-state index in [4.69, 9.17) is 0 Å². The van der Waals surface area contributed by atoms with Gasteiger partial charge >= 0.3 is 0 Å². The number of amides is 1. The molecule has 0 spiro atoms. The van der Waals surface area contributed by atoms with Gasteiger partial charge in [-0.25, -0.2) is 0 Å². The maximum absolute atomic E-state index is 11.7. The Morgan fingerprint density at radius 2 is 2.07 bits per heavy atom. The van der Waals surface area contributed by atoms with Gasteiger partial charge < -0.3 is 4.90 Å². The zero-order valence-corrected chi connectivity index (χ0v) is 10.8. The number of carbonyl (C=O) groups is 1. The second-order valence-corrected chi connectivity index (χ2v) is 5.80. The first-order valence-corrected chi connectivity index (χ1v) is 6.16. The molecule has 1 unspecified atom stereocenters. The summed E-state index contributed by atoms with van der Waals surface area (Å²) in [5.41, 5.74) is 0.275. The summed E-state index contributed by atoms with van der Waals surface area (Å²) in [5, 5.41) is 0. The summed E-state index contributed by atoms with van der Waals surface area (Å²) in [4.78, 5) is 13.7. The van der Waals surface area contributed by atoms with Crippen molar-refractivity contribution in [3.05, 3.63) is 0 Å². The van der Waals surface area contributed by atoms with Crippen LogP contribution in [0.5, 0.6) is 0 Å². The molecule has 0 radical (unpaired) electrons. The van der Waals surface area contributed by atoms with Gasteiger partial charge in [0.05, 0.1) is 0 Å². The Morgan fingerprint density at radius 3 is 2.47 bits per heavy atom. The second kappa shape index (κ2) is 4.54. The lowest BCUT2D eigenvalue weighted by atomic mass is 9.68. The third kappa shape index (κ3) is 2.73. The van der Waals surface area contributed by atoms with Gasteiger partial charge in [0.2, 0.25) is 5.91 Å². The molecule has 0 N–H and O–H groups in total. The Labute approximate surface area is 94.0 Å².